The molecule has 0 rings (SSSR count). The standard InChI is InChI=1S/C9H21NO4S2/c1-3-9(10)8-16(13,14)7-5-6-15(11,12)4-2/h9H,3-8,10H2,1-2H3. The molecule has 16 heavy (non-hydrogen) atoms. The van der Waals surface area contributed by atoms with Crippen LogP contribution in [0.1, 0.15) is 26.7 Å². The maximum absolute atomic E-state index is 11.5. The van der Waals surface area contributed by atoms with Crippen LogP contribution in [0.25, 0.3) is 0 Å². The molecule has 98 valence electrons. The summed E-state index contributed by atoms with van der Waals surface area (Å²) in [6.07, 6.45) is 0.765. The predicted octanol–water partition coefficient (Wildman–Crippen LogP) is -0.0367. The molecule has 7 heteroatoms. The van der Waals surface area contributed by atoms with Crippen LogP contribution in [0.5, 0.6) is 0 Å². The Morgan fingerprint density at radius 2 is 1.50 bits per heavy atom. The Morgan fingerprint density at radius 3 is 1.94 bits per heavy atom. The van der Waals surface area contributed by atoms with Gasteiger partial charge in [0.25, 0.3) is 0 Å². The van der Waals surface area contributed by atoms with E-state index >= 15 is 0 Å². The van der Waals surface area contributed by atoms with Crippen molar-refractivity contribution in [1.29, 1.82) is 0 Å². The summed E-state index contributed by atoms with van der Waals surface area (Å²) >= 11 is 0. The van der Waals surface area contributed by atoms with Gasteiger partial charge in [0.05, 0.1) is 17.3 Å². The van der Waals surface area contributed by atoms with E-state index in [0.717, 1.165) is 0 Å². The van der Waals surface area contributed by atoms with Gasteiger partial charge in [-0.25, -0.2) is 16.8 Å². The molecule has 5 nitrogen and oxygen atoms in total. The third-order valence-electron chi connectivity index (χ3n) is 2.34. The molecule has 0 fully saturated rings. The molecule has 0 amide bonds. The van der Waals surface area contributed by atoms with Gasteiger partial charge in [-0.05, 0) is 12.8 Å². The number of hydrogen-bond acceptors (Lipinski definition) is 5. The summed E-state index contributed by atoms with van der Waals surface area (Å²) in [5, 5.41) is 0. The van der Waals surface area contributed by atoms with Gasteiger partial charge in [-0.15, -0.1) is 0 Å². The van der Waals surface area contributed by atoms with Crippen molar-refractivity contribution in [2.45, 2.75) is 32.7 Å². The summed E-state index contributed by atoms with van der Waals surface area (Å²) in [4.78, 5) is 0. The van der Waals surface area contributed by atoms with E-state index in [1.807, 2.05) is 6.92 Å². The van der Waals surface area contributed by atoms with Gasteiger partial charge in [-0.1, -0.05) is 13.8 Å². The Morgan fingerprint density at radius 1 is 1.00 bits per heavy atom. The summed E-state index contributed by atoms with van der Waals surface area (Å²) in [6.45, 7) is 3.37. The van der Waals surface area contributed by atoms with Gasteiger partial charge in [0.2, 0.25) is 0 Å². The Kier molecular flexibility index (Phi) is 6.50. The molecule has 0 aliphatic carbocycles. The highest BCUT2D eigenvalue weighted by Gasteiger charge is 2.16. The van der Waals surface area contributed by atoms with E-state index < -0.39 is 19.7 Å². The number of sulfone groups is 2. The normalized spacial score (nSPS) is 14.9. The maximum atomic E-state index is 11.5. The lowest BCUT2D eigenvalue weighted by Crippen LogP contribution is -2.30. The minimum atomic E-state index is -3.21. The first kappa shape index (κ1) is 15.9. The van der Waals surface area contributed by atoms with Crippen LogP contribution >= 0.6 is 0 Å². The van der Waals surface area contributed by atoms with E-state index in [1.165, 1.54) is 0 Å². The SMILES string of the molecule is CCC(N)CS(=O)(=O)CCCS(=O)(=O)CC. The van der Waals surface area contributed by atoms with E-state index in [-0.39, 0.29) is 35.5 Å². The summed E-state index contributed by atoms with van der Waals surface area (Å²) < 4.78 is 45.3. The lowest BCUT2D eigenvalue weighted by atomic mass is 10.3. The van der Waals surface area contributed by atoms with Gasteiger partial charge in [-0.2, -0.15) is 0 Å². The summed E-state index contributed by atoms with van der Waals surface area (Å²) in [7, 11) is -6.28. The Labute approximate surface area is 98.2 Å². The topological polar surface area (TPSA) is 94.3 Å². The van der Waals surface area contributed by atoms with E-state index in [4.69, 9.17) is 5.73 Å². The quantitative estimate of drug-likeness (QED) is 0.668. The summed E-state index contributed by atoms with van der Waals surface area (Å²) in [5.74, 6) is -0.165. The van der Waals surface area contributed by atoms with E-state index in [0.29, 0.717) is 6.42 Å². The van der Waals surface area contributed by atoms with Gasteiger partial charge in [0.15, 0.2) is 9.84 Å². The largest absolute Gasteiger partial charge is 0.327 e. The predicted molar refractivity (Wildman–Crippen MR) is 65.9 cm³/mol. The fourth-order valence-electron chi connectivity index (χ4n) is 1.17. The molecule has 2 N–H and O–H groups in total. The summed E-state index contributed by atoms with van der Waals surface area (Å²) in [5.41, 5.74) is 5.55. The molecule has 0 aromatic rings. The van der Waals surface area contributed by atoms with E-state index in [9.17, 15) is 16.8 Å². The van der Waals surface area contributed by atoms with Crippen LogP contribution in [-0.4, -0.2) is 45.9 Å². The van der Waals surface area contributed by atoms with E-state index in [2.05, 4.69) is 0 Å². The minimum absolute atomic E-state index is 0.0571. The summed E-state index contributed by atoms with van der Waals surface area (Å²) in [6, 6.07) is -0.354. The van der Waals surface area contributed by atoms with Crippen molar-refractivity contribution in [1.82, 2.24) is 0 Å². The van der Waals surface area contributed by atoms with Crippen LogP contribution < -0.4 is 5.73 Å². The average Bonchev–Trinajstić information content (AvgIpc) is 2.16. The lowest BCUT2D eigenvalue weighted by Gasteiger charge is -2.09. The number of rotatable bonds is 8. The van der Waals surface area contributed by atoms with Gasteiger partial charge in [0, 0.05) is 11.8 Å². The molecule has 0 aliphatic heterocycles. The molecule has 1 unspecified atom stereocenters. The molecule has 0 aliphatic rings. The first-order valence-corrected chi connectivity index (χ1v) is 9.03. The first-order chi connectivity index (χ1) is 7.22. The molecular formula is C9H21NO4S2. The van der Waals surface area contributed by atoms with Gasteiger partial charge in [-0.3, -0.25) is 0 Å². The van der Waals surface area contributed by atoms with Gasteiger partial charge >= 0.3 is 0 Å². The zero-order valence-corrected chi connectivity index (χ0v) is 11.5. The van der Waals surface area contributed by atoms with Crippen molar-refractivity contribution in [3.05, 3.63) is 0 Å². The van der Waals surface area contributed by atoms with Gasteiger partial charge < -0.3 is 5.73 Å². The Balaban J connectivity index is 4.11. The molecule has 0 aromatic carbocycles. The van der Waals surface area contributed by atoms with Crippen LogP contribution in [0, 0.1) is 0 Å². The molecule has 0 heterocycles. The van der Waals surface area contributed by atoms with Crippen molar-refractivity contribution in [2.24, 2.45) is 5.73 Å². The second kappa shape index (κ2) is 6.56. The third-order valence-corrected chi connectivity index (χ3v) is 5.98. The minimum Gasteiger partial charge on any atom is -0.327 e. The smallest absolute Gasteiger partial charge is 0.151 e. The second-order valence-electron chi connectivity index (χ2n) is 3.87. The fourth-order valence-corrected chi connectivity index (χ4v) is 3.86. The molecule has 0 radical (unpaired) electrons. The van der Waals surface area contributed by atoms with Gasteiger partial charge in [0.1, 0.15) is 9.84 Å². The highest BCUT2D eigenvalue weighted by molar-refractivity contribution is 7.92. The van der Waals surface area contributed by atoms with Crippen molar-refractivity contribution in [3.63, 3.8) is 0 Å². The van der Waals surface area contributed by atoms with Crippen molar-refractivity contribution in [2.75, 3.05) is 23.0 Å². The molecule has 0 aromatic heterocycles. The molecular weight excluding hydrogens is 250 g/mol. The molecule has 0 bridgehead atoms. The number of hydrogen-bond donors (Lipinski definition) is 1. The van der Waals surface area contributed by atoms with Crippen LogP contribution in [0.15, 0.2) is 0 Å². The monoisotopic (exact) mass is 271 g/mol. The zero-order valence-electron chi connectivity index (χ0n) is 9.85. The molecule has 0 saturated carbocycles. The second-order valence-corrected chi connectivity index (χ2v) is 8.57. The molecule has 0 spiro atoms. The van der Waals surface area contributed by atoms with Crippen LogP contribution in [0.4, 0.5) is 0 Å². The van der Waals surface area contributed by atoms with Crippen LogP contribution in [0.2, 0.25) is 0 Å². The highest BCUT2D eigenvalue weighted by Crippen LogP contribution is 2.01. The maximum Gasteiger partial charge on any atom is 0.151 e. The van der Waals surface area contributed by atoms with Crippen LogP contribution in [0.3, 0.4) is 0 Å². The van der Waals surface area contributed by atoms with Crippen molar-refractivity contribution >= 4 is 19.7 Å². The molecule has 1 atom stereocenters. The third kappa shape index (κ3) is 7.19. The average molecular weight is 271 g/mol. The highest BCUT2D eigenvalue weighted by atomic mass is 32.2. The van der Waals surface area contributed by atoms with Crippen molar-refractivity contribution < 1.29 is 16.8 Å². The lowest BCUT2D eigenvalue weighted by molar-refractivity contribution is 0.581. The van der Waals surface area contributed by atoms with Crippen LogP contribution in [-0.2, 0) is 19.7 Å². The molecule has 0 saturated heterocycles. The Bertz CT molecular complexity index is 386. The number of nitrogens with two attached hydrogens (primary N) is 1. The first-order valence-electron chi connectivity index (χ1n) is 5.39. The Hall–Kier alpha value is -0.140. The van der Waals surface area contributed by atoms with Crippen molar-refractivity contribution in [3.8, 4) is 0 Å². The fraction of sp³-hybridized carbons (Fsp3) is 1.00. The van der Waals surface area contributed by atoms with E-state index in [1.54, 1.807) is 6.92 Å². The zero-order chi connectivity index (χ0) is 12.8.